The lowest BCUT2D eigenvalue weighted by molar-refractivity contribution is -0.221. The summed E-state index contributed by atoms with van der Waals surface area (Å²) in [5.41, 5.74) is 5.74. The first-order chi connectivity index (χ1) is 24.0. The summed E-state index contributed by atoms with van der Waals surface area (Å²) in [6.45, 7) is 20.3. The van der Waals surface area contributed by atoms with Gasteiger partial charge in [0, 0.05) is 17.7 Å². The van der Waals surface area contributed by atoms with Gasteiger partial charge in [-0.2, -0.15) is 0 Å². The molecule has 6 aliphatic carbocycles. The number of ether oxygens (including phenoxy) is 1. The summed E-state index contributed by atoms with van der Waals surface area (Å²) in [5, 5.41) is 3.99. The average Bonchev–Trinajstić information content (AvgIpc) is 3.48. The lowest BCUT2D eigenvalue weighted by atomic mass is 9.33. The van der Waals surface area contributed by atoms with Crippen LogP contribution in [-0.2, 0) is 19.4 Å². The van der Waals surface area contributed by atoms with Gasteiger partial charge in [-0.05, 0) is 152 Å². The van der Waals surface area contributed by atoms with E-state index in [0.29, 0.717) is 41.0 Å². The number of rotatable bonds is 8. The Bertz CT molecular complexity index is 1770. The molecule has 9 atom stereocenters. The highest BCUT2D eigenvalue weighted by atomic mass is 32.2. The number of carbonyl (C=O) groups is 1. The van der Waals surface area contributed by atoms with Gasteiger partial charge in [0.2, 0.25) is 0 Å². The number of hydrogen-bond acceptors (Lipinski definition) is 5. The van der Waals surface area contributed by atoms with Crippen molar-refractivity contribution >= 4 is 15.8 Å². The van der Waals surface area contributed by atoms with Crippen LogP contribution < -0.4 is 5.32 Å². The minimum absolute atomic E-state index is 0.0231. The summed E-state index contributed by atoms with van der Waals surface area (Å²) >= 11 is 0. The number of methoxy groups -OCH3 is 1. The maximum atomic E-state index is 13.3. The molecule has 0 radical (unpaired) electrons. The standard InChI is InChI=1S/C45H63NO4S/c1-30(2)34-20-25-45(46-28-29-51(48,49)33-12-10-9-11-13-33)27-26-43(6)36(39(34)45)18-19-38-42(5)23-21-35(31-14-16-32(17-15-31)40(47)50-8)41(3,4)37(42)22-24-44(38,43)7/h9-14,16,21,34,36-39,46H,1,15,17-20,22-29H2,2-8H3/t34-,36+,37-,38+,39+,42-,43+,44+,45-/m0/s1. The van der Waals surface area contributed by atoms with E-state index in [0.717, 1.165) is 44.1 Å². The zero-order valence-electron chi connectivity index (χ0n) is 32.4. The van der Waals surface area contributed by atoms with Gasteiger partial charge in [-0.25, -0.2) is 13.2 Å². The molecule has 5 nitrogen and oxygen atoms in total. The van der Waals surface area contributed by atoms with Crippen molar-refractivity contribution < 1.29 is 17.9 Å². The molecule has 0 aliphatic heterocycles. The van der Waals surface area contributed by atoms with E-state index in [1.807, 2.05) is 24.3 Å². The van der Waals surface area contributed by atoms with Gasteiger partial charge in [0.25, 0.3) is 0 Å². The van der Waals surface area contributed by atoms with Crippen LogP contribution in [0, 0.1) is 51.2 Å². The van der Waals surface area contributed by atoms with Crippen LogP contribution >= 0.6 is 0 Å². The number of allylic oxidation sites excluding steroid dienone is 6. The monoisotopic (exact) mass is 713 g/mol. The zero-order valence-corrected chi connectivity index (χ0v) is 33.3. The Balaban J connectivity index is 1.16. The maximum absolute atomic E-state index is 13.3. The fourth-order valence-electron chi connectivity index (χ4n) is 13.9. The zero-order chi connectivity index (χ0) is 36.6. The van der Waals surface area contributed by atoms with E-state index in [2.05, 4.69) is 65.6 Å². The quantitative estimate of drug-likeness (QED) is 0.215. The Morgan fingerprint density at radius 2 is 1.65 bits per heavy atom. The highest BCUT2D eigenvalue weighted by molar-refractivity contribution is 7.91. The van der Waals surface area contributed by atoms with Crippen LogP contribution in [0.3, 0.4) is 0 Å². The molecule has 0 aromatic heterocycles. The van der Waals surface area contributed by atoms with Gasteiger partial charge < -0.3 is 10.1 Å². The Morgan fingerprint density at radius 1 is 0.902 bits per heavy atom. The molecule has 0 saturated heterocycles. The number of carbonyl (C=O) groups excluding carboxylic acids is 1. The van der Waals surface area contributed by atoms with Gasteiger partial charge in [-0.1, -0.05) is 83.2 Å². The third-order valence-electron chi connectivity index (χ3n) is 16.5. The van der Waals surface area contributed by atoms with Crippen LogP contribution in [0.5, 0.6) is 0 Å². The predicted octanol–water partition coefficient (Wildman–Crippen LogP) is 9.82. The average molecular weight is 714 g/mol. The van der Waals surface area contributed by atoms with Crippen LogP contribution in [0.2, 0.25) is 0 Å². The SMILES string of the molecule is C=C(C)[C@@H]1CC[C@]2(NCCS(=O)(=O)c3ccccc3)CC[C@]3(C)[C@H](CC[C@@H]4[C@@]5(C)CC=C(C6=CC=C(C(=O)OC)CC6)C(C)(C)[C@@H]5CC[C@]43C)[C@@H]12. The second kappa shape index (κ2) is 12.9. The van der Waals surface area contributed by atoms with Crippen LogP contribution in [0.15, 0.2) is 82.3 Å². The predicted molar refractivity (Wildman–Crippen MR) is 207 cm³/mol. The van der Waals surface area contributed by atoms with Crippen molar-refractivity contribution in [2.24, 2.45) is 51.2 Å². The molecule has 1 aromatic rings. The number of esters is 1. The summed E-state index contributed by atoms with van der Waals surface area (Å²) in [5.74, 6) is 2.78. The molecular formula is C45H63NO4S. The molecule has 0 bridgehead atoms. The van der Waals surface area contributed by atoms with E-state index >= 15 is 0 Å². The van der Waals surface area contributed by atoms with Gasteiger partial charge in [0.1, 0.15) is 0 Å². The molecule has 0 unspecified atom stereocenters. The highest BCUT2D eigenvalue weighted by Crippen LogP contribution is 2.76. The molecule has 6 aliphatic rings. The fourth-order valence-corrected chi connectivity index (χ4v) is 15.1. The summed E-state index contributed by atoms with van der Waals surface area (Å²) in [6, 6.07) is 8.95. The minimum atomic E-state index is -3.34. The lowest BCUT2D eigenvalue weighted by Gasteiger charge is -2.72. The molecule has 1 aromatic carbocycles. The number of fused-ring (bicyclic) bond motifs is 7. The molecular weight excluding hydrogens is 651 g/mol. The smallest absolute Gasteiger partial charge is 0.333 e. The molecule has 51 heavy (non-hydrogen) atoms. The van der Waals surface area contributed by atoms with Gasteiger partial charge in [0.15, 0.2) is 9.84 Å². The van der Waals surface area contributed by atoms with Crippen molar-refractivity contribution in [3.8, 4) is 0 Å². The molecule has 4 saturated carbocycles. The Hall–Kier alpha value is -2.44. The molecule has 1 N–H and O–H groups in total. The van der Waals surface area contributed by atoms with Crippen LogP contribution in [-0.4, -0.2) is 39.3 Å². The highest BCUT2D eigenvalue weighted by Gasteiger charge is 2.70. The van der Waals surface area contributed by atoms with Gasteiger partial charge >= 0.3 is 5.97 Å². The van der Waals surface area contributed by atoms with E-state index in [1.54, 1.807) is 12.1 Å². The summed E-state index contributed by atoms with van der Waals surface area (Å²) < 4.78 is 31.6. The first-order valence-electron chi connectivity index (χ1n) is 19.9. The number of benzene rings is 1. The molecule has 4 fully saturated rings. The van der Waals surface area contributed by atoms with Gasteiger partial charge in [-0.3, -0.25) is 0 Å². The lowest BCUT2D eigenvalue weighted by Crippen LogP contribution is -2.68. The second-order valence-corrected chi connectivity index (χ2v) is 20.9. The number of hydrogen-bond donors (Lipinski definition) is 1. The minimum Gasteiger partial charge on any atom is -0.466 e. The normalized spacial score (nSPS) is 40.0. The Labute approximate surface area is 308 Å². The van der Waals surface area contributed by atoms with E-state index in [1.165, 1.54) is 55.9 Å². The van der Waals surface area contributed by atoms with Crippen molar-refractivity contribution in [3.05, 3.63) is 77.4 Å². The van der Waals surface area contributed by atoms with Crippen molar-refractivity contribution in [2.45, 2.75) is 123 Å². The van der Waals surface area contributed by atoms with Crippen LogP contribution in [0.25, 0.3) is 0 Å². The third-order valence-corrected chi connectivity index (χ3v) is 18.3. The topological polar surface area (TPSA) is 72.5 Å². The van der Waals surface area contributed by atoms with Gasteiger partial charge in [0.05, 0.1) is 17.8 Å². The molecule has 0 spiro atoms. The van der Waals surface area contributed by atoms with E-state index in [-0.39, 0.29) is 38.9 Å². The van der Waals surface area contributed by atoms with E-state index < -0.39 is 9.84 Å². The van der Waals surface area contributed by atoms with E-state index in [9.17, 15) is 13.2 Å². The van der Waals surface area contributed by atoms with E-state index in [4.69, 9.17) is 4.74 Å². The van der Waals surface area contributed by atoms with Crippen LogP contribution in [0.4, 0.5) is 0 Å². The summed E-state index contributed by atoms with van der Waals surface area (Å²) in [4.78, 5) is 12.6. The molecule has 6 heteroatoms. The maximum Gasteiger partial charge on any atom is 0.333 e. The van der Waals surface area contributed by atoms with Crippen LogP contribution in [0.1, 0.15) is 112 Å². The molecule has 278 valence electrons. The van der Waals surface area contributed by atoms with Crippen molar-refractivity contribution in [2.75, 3.05) is 19.4 Å². The van der Waals surface area contributed by atoms with Crippen molar-refractivity contribution in [3.63, 3.8) is 0 Å². The Morgan fingerprint density at radius 3 is 2.31 bits per heavy atom. The molecule has 7 rings (SSSR count). The first kappa shape index (κ1) is 36.9. The number of nitrogens with one attached hydrogen (secondary N) is 1. The first-order valence-corrected chi connectivity index (χ1v) is 21.6. The third kappa shape index (κ3) is 5.62. The van der Waals surface area contributed by atoms with Gasteiger partial charge in [-0.15, -0.1) is 0 Å². The van der Waals surface area contributed by atoms with Crippen molar-refractivity contribution in [1.29, 1.82) is 0 Å². The number of sulfone groups is 1. The van der Waals surface area contributed by atoms with Crippen molar-refractivity contribution in [1.82, 2.24) is 5.32 Å². The summed E-state index contributed by atoms with van der Waals surface area (Å²) in [6.07, 6.45) is 19.2. The Kier molecular flexibility index (Phi) is 9.30. The fraction of sp³-hybridized carbons (Fsp3) is 0.667. The summed E-state index contributed by atoms with van der Waals surface area (Å²) in [7, 11) is -1.87. The molecule has 0 amide bonds. The largest absolute Gasteiger partial charge is 0.466 e. The molecule has 0 heterocycles. The second-order valence-electron chi connectivity index (χ2n) is 18.8.